The van der Waals surface area contributed by atoms with Gasteiger partial charge in [0.15, 0.2) is 5.75 Å². The molecule has 0 spiro atoms. The fraction of sp³-hybridized carbons (Fsp3) is 0.375. The number of halogens is 3. The second-order valence-electron chi connectivity index (χ2n) is 8.91. The van der Waals surface area contributed by atoms with Gasteiger partial charge in [0.2, 0.25) is 0 Å². The first kappa shape index (κ1) is 29.1. The van der Waals surface area contributed by atoms with E-state index in [0.717, 1.165) is 0 Å². The van der Waals surface area contributed by atoms with Crippen molar-refractivity contribution in [2.75, 3.05) is 0 Å². The van der Waals surface area contributed by atoms with Gasteiger partial charge in [0, 0.05) is 6.07 Å². The van der Waals surface area contributed by atoms with Crippen LogP contribution in [-0.2, 0) is 14.4 Å². The van der Waals surface area contributed by atoms with Crippen molar-refractivity contribution >= 4 is 77.1 Å². The van der Waals surface area contributed by atoms with Gasteiger partial charge in [-0.2, -0.15) is 5.11 Å². The van der Waals surface area contributed by atoms with E-state index in [4.69, 9.17) is 14.2 Å². The van der Waals surface area contributed by atoms with Crippen LogP contribution in [0, 0.1) is 0 Å². The molecule has 188 valence electrons. The van der Waals surface area contributed by atoms with Gasteiger partial charge in [-0.15, -0.1) is 5.11 Å². The number of azo groups is 1. The summed E-state index contributed by atoms with van der Waals surface area (Å²) in [6, 6.07) is 10.8. The molecule has 0 aliphatic rings. The van der Waals surface area contributed by atoms with Crippen molar-refractivity contribution in [3.8, 4) is 17.2 Å². The molecule has 2 aromatic carbocycles. The third-order valence-electron chi connectivity index (χ3n) is 4.12. The van der Waals surface area contributed by atoms with Crippen LogP contribution in [0.3, 0.4) is 0 Å². The minimum absolute atomic E-state index is 0.0639. The van der Waals surface area contributed by atoms with Crippen LogP contribution in [0.5, 0.6) is 17.2 Å². The van der Waals surface area contributed by atoms with Crippen molar-refractivity contribution in [1.29, 1.82) is 0 Å². The van der Waals surface area contributed by atoms with Crippen LogP contribution in [0.15, 0.2) is 52.7 Å². The average molecular weight is 677 g/mol. The highest BCUT2D eigenvalue weighted by molar-refractivity contribution is 9.10. The number of ether oxygens (including phenoxy) is 3. The number of rotatable bonds is 8. The minimum Gasteiger partial charge on any atom is -0.426 e. The lowest BCUT2D eigenvalue weighted by Crippen LogP contribution is -2.29. The summed E-state index contributed by atoms with van der Waals surface area (Å²) in [7, 11) is 0. The maximum Gasteiger partial charge on any atom is 0.327 e. The van der Waals surface area contributed by atoms with Crippen LogP contribution < -0.4 is 14.2 Å². The predicted octanol–water partition coefficient (Wildman–Crippen LogP) is 7.34. The zero-order chi connectivity index (χ0) is 26.6. The van der Waals surface area contributed by atoms with E-state index in [1.165, 1.54) is 18.2 Å². The first-order valence-electron chi connectivity index (χ1n) is 10.4. The van der Waals surface area contributed by atoms with Gasteiger partial charge in [-0.3, -0.25) is 14.4 Å². The molecular formula is C24H25Br3N2O6. The highest BCUT2D eigenvalue weighted by atomic mass is 79.9. The highest BCUT2D eigenvalue weighted by Gasteiger charge is 2.29. The lowest BCUT2D eigenvalue weighted by molar-refractivity contribution is -0.137. The molecule has 11 heteroatoms. The van der Waals surface area contributed by atoms with Crippen LogP contribution in [0.4, 0.5) is 11.4 Å². The van der Waals surface area contributed by atoms with E-state index in [1.807, 2.05) is 0 Å². The number of esters is 3. The van der Waals surface area contributed by atoms with Gasteiger partial charge in [0.1, 0.15) is 30.2 Å². The number of hydrogen-bond acceptors (Lipinski definition) is 8. The summed E-state index contributed by atoms with van der Waals surface area (Å²) >= 11 is 9.77. The van der Waals surface area contributed by atoms with Gasteiger partial charge in [-0.1, -0.05) is 47.8 Å². The van der Waals surface area contributed by atoms with Gasteiger partial charge < -0.3 is 14.2 Å². The van der Waals surface area contributed by atoms with Crippen LogP contribution in [0.1, 0.15) is 41.5 Å². The maximum absolute atomic E-state index is 12.4. The van der Waals surface area contributed by atoms with Crippen LogP contribution in [0.25, 0.3) is 0 Å². The monoisotopic (exact) mass is 674 g/mol. The summed E-state index contributed by atoms with van der Waals surface area (Å²) in [6.07, 6.45) is 0. The van der Waals surface area contributed by atoms with Crippen LogP contribution in [0.2, 0.25) is 0 Å². The fourth-order valence-corrected chi connectivity index (χ4v) is 2.34. The molecule has 0 bridgehead atoms. The Morgan fingerprint density at radius 1 is 0.629 bits per heavy atom. The highest BCUT2D eigenvalue weighted by Crippen LogP contribution is 2.35. The third kappa shape index (κ3) is 9.12. The molecule has 0 atom stereocenters. The minimum atomic E-state index is -0.955. The Hall–Kier alpha value is -2.11. The smallest absolute Gasteiger partial charge is 0.327 e. The molecule has 35 heavy (non-hydrogen) atoms. The van der Waals surface area contributed by atoms with E-state index in [2.05, 4.69) is 58.0 Å². The van der Waals surface area contributed by atoms with Gasteiger partial charge in [0.05, 0.1) is 5.69 Å². The normalized spacial score (nSPS) is 12.4. The largest absolute Gasteiger partial charge is 0.426 e. The van der Waals surface area contributed by atoms with Gasteiger partial charge >= 0.3 is 17.9 Å². The molecule has 0 aromatic heterocycles. The Balaban J connectivity index is 2.29. The van der Waals surface area contributed by atoms with Gasteiger partial charge in [0.25, 0.3) is 0 Å². The molecule has 0 saturated carbocycles. The number of carbonyl (C=O) groups is 3. The lowest BCUT2D eigenvalue weighted by Gasteiger charge is -2.17. The van der Waals surface area contributed by atoms with Crippen molar-refractivity contribution in [3.63, 3.8) is 0 Å². The molecule has 0 saturated heterocycles. The maximum atomic E-state index is 12.4. The number of alkyl halides is 3. The summed E-state index contributed by atoms with van der Waals surface area (Å²) in [5.41, 5.74) is 0.710. The van der Waals surface area contributed by atoms with E-state index >= 15 is 0 Å². The average Bonchev–Trinajstić information content (AvgIpc) is 2.72. The van der Waals surface area contributed by atoms with E-state index in [1.54, 1.807) is 65.8 Å². The van der Waals surface area contributed by atoms with E-state index in [0.29, 0.717) is 11.4 Å². The summed E-state index contributed by atoms with van der Waals surface area (Å²) in [5, 5.41) is 8.34. The van der Waals surface area contributed by atoms with Crippen molar-refractivity contribution < 1.29 is 28.6 Å². The quantitative estimate of drug-likeness (QED) is 0.125. The second-order valence-corrected chi connectivity index (χ2v) is 14.9. The van der Waals surface area contributed by atoms with Crippen molar-refractivity contribution in [2.45, 2.75) is 54.5 Å². The van der Waals surface area contributed by atoms with Crippen LogP contribution >= 0.6 is 47.8 Å². The third-order valence-corrected chi connectivity index (χ3v) is 5.09. The SMILES string of the molecule is CC(C)(Br)C(=O)Oc1ccc(N=Nc2ccc(OC(=O)C(C)(C)Br)cc2OC(=O)C(C)(C)Br)cc1. The van der Waals surface area contributed by atoms with Gasteiger partial charge in [-0.25, -0.2) is 0 Å². The molecule has 0 radical (unpaired) electrons. The summed E-state index contributed by atoms with van der Waals surface area (Å²) in [5.74, 6) is -0.923. The fourth-order valence-electron chi connectivity index (χ4n) is 2.09. The number of benzene rings is 2. The molecule has 0 heterocycles. The molecule has 0 aliphatic heterocycles. The molecular weight excluding hydrogens is 652 g/mol. The van der Waals surface area contributed by atoms with E-state index in [9.17, 15) is 14.4 Å². The lowest BCUT2D eigenvalue weighted by atomic mass is 10.2. The van der Waals surface area contributed by atoms with Crippen molar-refractivity contribution in [3.05, 3.63) is 42.5 Å². The predicted molar refractivity (Wildman–Crippen MR) is 143 cm³/mol. The molecule has 0 amide bonds. The second kappa shape index (κ2) is 11.3. The summed E-state index contributed by atoms with van der Waals surface area (Å²) in [6.45, 7) is 9.95. The zero-order valence-corrected chi connectivity index (χ0v) is 24.8. The molecule has 0 N–H and O–H groups in total. The Kier molecular flexibility index (Phi) is 9.40. The molecule has 2 rings (SSSR count). The topological polar surface area (TPSA) is 104 Å². The van der Waals surface area contributed by atoms with E-state index < -0.39 is 30.9 Å². The number of nitrogens with zero attached hydrogens (tertiary/aromatic N) is 2. The number of hydrogen-bond donors (Lipinski definition) is 0. The number of carbonyl (C=O) groups excluding carboxylic acids is 3. The Bertz CT molecular complexity index is 1130. The molecule has 0 unspecified atom stereocenters. The van der Waals surface area contributed by atoms with Crippen molar-refractivity contribution in [2.24, 2.45) is 10.2 Å². The molecule has 0 fully saturated rings. The standard InChI is InChI=1S/C24H25Br3N2O6/c1-22(2,25)19(30)33-15-9-7-14(8-10-15)28-29-17-12-11-16(34-20(31)23(3,4)26)13-18(17)35-21(32)24(5,6)27/h7-13H,1-6H3. The summed E-state index contributed by atoms with van der Waals surface area (Å²) < 4.78 is 13.5. The molecule has 8 nitrogen and oxygen atoms in total. The first-order valence-corrected chi connectivity index (χ1v) is 12.7. The first-order chi connectivity index (χ1) is 16.0. The van der Waals surface area contributed by atoms with Crippen LogP contribution in [-0.4, -0.2) is 30.9 Å². The Morgan fingerprint density at radius 2 is 1.06 bits per heavy atom. The molecule has 0 aliphatic carbocycles. The Morgan fingerprint density at radius 3 is 1.54 bits per heavy atom. The zero-order valence-electron chi connectivity index (χ0n) is 20.0. The van der Waals surface area contributed by atoms with Crippen molar-refractivity contribution in [1.82, 2.24) is 0 Å². The van der Waals surface area contributed by atoms with E-state index in [-0.39, 0.29) is 17.2 Å². The Labute approximate surface area is 229 Å². The molecule has 2 aromatic rings. The van der Waals surface area contributed by atoms with Gasteiger partial charge in [-0.05, 0) is 77.9 Å². The summed E-state index contributed by atoms with van der Waals surface area (Å²) in [4.78, 5) is 36.6.